The number of aryl methyl sites for hydroxylation is 4. The molecule has 8 heteroatoms. The van der Waals surface area contributed by atoms with Gasteiger partial charge in [-0.05, 0) is 74.2 Å². The standard InChI is InChI=1S/C26H29N3O4S/c1-18-5-7-23(8-6-18)16-29(34(32,33)26-20(3)13-19(2)14-21(26)4)17-25(31)28-27-15-22-9-11-24(30)12-10-22/h5-15,30H,16-17H2,1-4H3,(H,28,31). The molecule has 34 heavy (non-hydrogen) atoms. The minimum Gasteiger partial charge on any atom is -0.508 e. The lowest BCUT2D eigenvalue weighted by Gasteiger charge is -2.24. The van der Waals surface area contributed by atoms with Crippen molar-refractivity contribution in [2.24, 2.45) is 5.10 Å². The Morgan fingerprint density at radius 3 is 2.12 bits per heavy atom. The van der Waals surface area contributed by atoms with Crippen LogP contribution in [0.3, 0.4) is 0 Å². The molecule has 0 aromatic heterocycles. The van der Waals surface area contributed by atoms with Crippen LogP contribution >= 0.6 is 0 Å². The fourth-order valence-corrected chi connectivity index (χ4v) is 5.56. The number of hydrogen-bond acceptors (Lipinski definition) is 5. The fraction of sp³-hybridized carbons (Fsp3) is 0.231. The Hall–Kier alpha value is -3.49. The van der Waals surface area contributed by atoms with Gasteiger partial charge in [0.1, 0.15) is 5.75 Å². The van der Waals surface area contributed by atoms with E-state index in [4.69, 9.17) is 0 Å². The largest absolute Gasteiger partial charge is 0.508 e. The first-order chi connectivity index (χ1) is 16.1. The number of phenols is 1. The van der Waals surface area contributed by atoms with E-state index in [0.29, 0.717) is 16.7 Å². The van der Waals surface area contributed by atoms with Crippen molar-refractivity contribution < 1.29 is 18.3 Å². The predicted octanol–water partition coefficient (Wildman–Crippen LogP) is 3.97. The molecule has 3 aromatic carbocycles. The number of aromatic hydroxyl groups is 1. The van der Waals surface area contributed by atoms with Gasteiger partial charge >= 0.3 is 0 Å². The van der Waals surface area contributed by atoms with Crippen LogP contribution in [0.1, 0.15) is 33.4 Å². The number of nitrogens with one attached hydrogen (secondary N) is 1. The van der Waals surface area contributed by atoms with Crippen LogP contribution in [0.4, 0.5) is 0 Å². The average Bonchev–Trinajstić information content (AvgIpc) is 2.75. The number of hydrogen-bond donors (Lipinski definition) is 2. The van der Waals surface area contributed by atoms with E-state index in [9.17, 15) is 18.3 Å². The molecule has 178 valence electrons. The number of phenolic OH excluding ortho intramolecular Hbond substituents is 1. The van der Waals surface area contributed by atoms with E-state index in [1.807, 2.05) is 50.2 Å². The summed E-state index contributed by atoms with van der Waals surface area (Å²) in [6.45, 7) is 7.05. The Bertz CT molecular complexity index is 1280. The maximum absolute atomic E-state index is 13.7. The maximum Gasteiger partial charge on any atom is 0.255 e. The fourth-order valence-electron chi connectivity index (χ4n) is 3.76. The van der Waals surface area contributed by atoms with Crippen molar-refractivity contribution in [2.75, 3.05) is 6.54 Å². The number of benzene rings is 3. The van der Waals surface area contributed by atoms with Crippen molar-refractivity contribution in [2.45, 2.75) is 39.1 Å². The average molecular weight is 480 g/mol. The lowest BCUT2D eigenvalue weighted by molar-refractivity contribution is -0.121. The van der Waals surface area contributed by atoms with Gasteiger partial charge in [-0.15, -0.1) is 0 Å². The van der Waals surface area contributed by atoms with Gasteiger partial charge in [0.15, 0.2) is 0 Å². The van der Waals surface area contributed by atoms with Crippen molar-refractivity contribution in [3.8, 4) is 5.75 Å². The zero-order valence-corrected chi connectivity index (χ0v) is 20.6. The Labute approximate surface area is 200 Å². The van der Waals surface area contributed by atoms with Gasteiger partial charge in [0.25, 0.3) is 5.91 Å². The summed E-state index contributed by atoms with van der Waals surface area (Å²) in [6.07, 6.45) is 1.42. The molecule has 0 aliphatic heterocycles. The van der Waals surface area contributed by atoms with Gasteiger partial charge in [-0.1, -0.05) is 47.5 Å². The van der Waals surface area contributed by atoms with Crippen molar-refractivity contribution in [3.05, 3.63) is 94.0 Å². The zero-order valence-electron chi connectivity index (χ0n) is 19.7. The quantitative estimate of drug-likeness (QED) is 0.377. The van der Waals surface area contributed by atoms with Crippen molar-refractivity contribution in [1.29, 1.82) is 0 Å². The molecule has 0 atom stereocenters. The molecule has 3 aromatic rings. The van der Waals surface area contributed by atoms with E-state index in [1.54, 1.807) is 26.0 Å². The van der Waals surface area contributed by atoms with Gasteiger partial charge in [0, 0.05) is 6.54 Å². The van der Waals surface area contributed by atoms with E-state index < -0.39 is 22.5 Å². The molecule has 3 rings (SSSR count). The number of hydrazone groups is 1. The normalized spacial score (nSPS) is 11.8. The molecule has 0 fully saturated rings. The molecule has 0 saturated carbocycles. The summed E-state index contributed by atoms with van der Waals surface area (Å²) in [4.78, 5) is 12.9. The molecule has 2 N–H and O–H groups in total. The summed E-state index contributed by atoms with van der Waals surface area (Å²) < 4.78 is 28.6. The van der Waals surface area contributed by atoms with E-state index >= 15 is 0 Å². The molecule has 0 spiro atoms. The van der Waals surface area contributed by atoms with Crippen LogP contribution in [0, 0.1) is 27.7 Å². The van der Waals surface area contributed by atoms with Gasteiger partial charge in [-0.2, -0.15) is 9.41 Å². The van der Waals surface area contributed by atoms with Crippen LogP contribution in [0.2, 0.25) is 0 Å². The summed E-state index contributed by atoms with van der Waals surface area (Å²) in [5.74, 6) is -0.437. The predicted molar refractivity (Wildman–Crippen MR) is 133 cm³/mol. The Morgan fingerprint density at radius 1 is 0.941 bits per heavy atom. The number of nitrogens with zero attached hydrogens (tertiary/aromatic N) is 2. The molecule has 1 amide bonds. The van der Waals surface area contributed by atoms with Crippen molar-refractivity contribution in [3.63, 3.8) is 0 Å². The number of carbonyl (C=O) groups excluding carboxylic acids is 1. The maximum atomic E-state index is 13.7. The molecule has 0 radical (unpaired) electrons. The Kier molecular flexibility index (Phi) is 7.86. The van der Waals surface area contributed by atoms with Crippen LogP contribution in [-0.4, -0.2) is 36.5 Å². The zero-order chi connectivity index (χ0) is 24.9. The molecule has 7 nitrogen and oxygen atoms in total. The number of sulfonamides is 1. The lowest BCUT2D eigenvalue weighted by atomic mass is 10.1. The minimum absolute atomic E-state index is 0.0461. The van der Waals surface area contributed by atoms with Crippen molar-refractivity contribution >= 4 is 22.1 Å². The van der Waals surface area contributed by atoms with Gasteiger partial charge in [-0.25, -0.2) is 13.8 Å². The third kappa shape index (κ3) is 6.30. The molecular weight excluding hydrogens is 450 g/mol. The van der Waals surface area contributed by atoms with Crippen LogP contribution in [-0.2, 0) is 21.4 Å². The topological polar surface area (TPSA) is 99.1 Å². The molecule has 0 bridgehead atoms. The lowest BCUT2D eigenvalue weighted by Crippen LogP contribution is -2.39. The smallest absolute Gasteiger partial charge is 0.255 e. The summed E-state index contributed by atoms with van der Waals surface area (Å²) >= 11 is 0. The number of amides is 1. The first-order valence-electron chi connectivity index (χ1n) is 10.8. The molecule has 0 aliphatic rings. The van der Waals surface area contributed by atoms with Crippen LogP contribution in [0.5, 0.6) is 5.75 Å². The Balaban J connectivity index is 1.86. The second-order valence-corrected chi connectivity index (χ2v) is 10.2. The molecule has 0 heterocycles. The third-order valence-electron chi connectivity index (χ3n) is 5.30. The Morgan fingerprint density at radius 2 is 1.53 bits per heavy atom. The second kappa shape index (κ2) is 10.6. The first-order valence-corrected chi connectivity index (χ1v) is 12.2. The third-order valence-corrected chi connectivity index (χ3v) is 7.40. The van der Waals surface area contributed by atoms with E-state index in [0.717, 1.165) is 16.7 Å². The van der Waals surface area contributed by atoms with Gasteiger partial charge < -0.3 is 5.11 Å². The monoisotopic (exact) mass is 479 g/mol. The molecule has 0 aliphatic carbocycles. The second-order valence-electron chi connectivity index (χ2n) is 8.37. The summed E-state index contributed by atoms with van der Waals surface area (Å²) in [7, 11) is -3.97. The van der Waals surface area contributed by atoms with Crippen LogP contribution < -0.4 is 5.43 Å². The van der Waals surface area contributed by atoms with E-state index in [-0.39, 0.29) is 17.2 Å². The van der Waals surface area contributed by atoms with Gasteiger partial charge in [0.05, 0.1) is 17.7 Å². The summed E-state index contributed by atoms with van der Waals surface area (Å²) in [5, 5.41) is 13.3. The molecule has 0 unspecified atom stereocenters. The van der Waals surface area contributed by atoms with E-state index in [2.05, 4.69) is 10.5 Å². The highest BCUT2D eigenvalue weighted by molar-refractivity contribution is 7.89. The highest BCUT2D eigenvalue weighted by Gasteiger charge is 2.30. The van der Waals surface area contributed by atoms with Gasteiger partial charge in [0.2, 0.25) is 10.0 Å². The van der Waals surface area contributed by atoms with E-state index in [1.165, 1.54) is 22.7 Å². The number of rotatable bonds is 8. The minimum atomic E-state index is -3.97. The summed E-state index contributed by atoms with van der Waals surface area (Å²) in [6, 6.07) is 17.5. The number of carbonyl (C=O) groups is 1. The molecule has 0 saturated heterocycles. The highest BCUT2D eigenvalue weighted by Crippen LogP contribution is 2.26. The first kappa shape index (κ1) is 25.1. The van der Waals surface area contributed by atoms with Crippen molar-refractivity contribution in [1.82, 2.24) is 9.73 Å². The summed E-state index contributed by atoms with van der Waals surface area (Å²) in [5.41, 5.74) is 7.15. The highest BCUT2D eigenvalue weighted by atomic mass is 32.2. The van der Waals surface area contributed by atoms with Crippen LogP contribution in [0.15, 0.2) is 70.7 Å². The SMILES string of the molecule is Cc1ccc(CN(CC(=O)NN=Cc2ccc(O)cc2)S(=O)(=O)c2c(C)cc(C)cc2C)cc1. The van der Waals surface area contributed by atoms with Gasteiger partial charge in [-0.3, -0.25) is 4.79 Å². The molecular formula is C26H29N3O4S. The van der Waals surface area contributed by atoms with Crippen LogP contribution in [0.25, 0.3) is 0 Å².